The molecule has 1 aromatic heterocycles. The molecule has 0 aliphatic rings. The van der Waals surface area contributed by atoms with Gasteiger partial charge in [-0.3, -0.25) is 10.1 Å². The number of nitrogens with one attached hydrogen (secondary N) is 3. The third-order valence-corrected chi connectivity index (χ3v) is 7.98. The van der Waals surface area contributed by atoms with Crippen molar-refractivity contribution in [1.82, 2.24) is 10.3 Å². The van der Waals surface area contributed by atoms with E-state index in [0.29, 0.717) is 21.4 Å². The minimum absolute atomic E-state index is 0.0680. The van der Waals surface area contributed by atoms with Crippen molar-refractivity contribution in [3.63, 3.8) is 0 Å². The maximum absolute atomic E-state index is 12.7. The molecule has 0 saturated carbocycles. The molecule has 0 unspecified atom stereocenters. The molecular formula is C20H24IN4O5S2-. The van der Waals surface area contributed by atoms with Gasteiger partial charge in [0.1, 0.15) is 6.61 Å². The van der Waals surface area contributed by atoms with Crippen LogP contribution in [0.1, 0.15) is 13.8 Å². The first-order valence-corrected chi connectivity index (χ1v) is 14.4. The van der Waals surface area contributed by atoms with Crippen LogP contribution in [0, 0.1) is 0 Å². The molecule has 0 aliphatic carbocycles. The summed E-state index contributed by atoms with van der Waals surface area (Å²) in [4.78, 5) is 16.0. The van der Waals surface area contributed by atoms with Gasteiger partial charge >= 0.3 is 168 Å². The average Bonchev–Trinajstić information content (AvgIpc) is 3.12. The number of hydrogen-bond acceptors (Lipinski definition) is 9. The Labute approximate surface area is 201 Å². The molecule has 1 heterocycles. The van der Waals surface area contributed by atoms with Gasteiger partial charge in [0.2, 0.25) is 0 Å². The molecule has 3 rings (SSSR count). The topological polar surface area (TPSA) is 119 Å². The number of halogens is 1. The monoisotopic (exact) mass is 591 g/mol. The number of fused-ring (bicyclic) bond motifs is 1. The Bertz CT molecular complexity index is 1170. The van der Waals surface area contributed by atoms with Crippen molar-refractivity contribution >= 4 is 48.4 Å². The predicted molar refractivity (Wildman–Crippen MR) is 121 cm³/mol. The van der Waals surface area contributed by atoms with Crippen LogP contribution in [0.4, 0.5) is 10.8 Å². The Kier molecular flexibility index (Phi) is 8.64. The maximum atomic E-state index is 12.7. The fourth-order valence-electron chi connectivity index (χ4n) is 2.46. The predicted octanol–water partition coefficient (Wildman–Crippen LogP) is 0.0203. The summed E-state index contributed by atoms with van der Waals surface area (Å²) in [5, 5.41) is 6.38. The molecule has 3 N–H and O–H groups in total. The van der Waals surface area contributed by atoms with E-state index >= 15 is 0 Å². The molecule has 1 amide bonds. The van der Waals surface area contributed by atoms with Gasteiger partial charge in [0.15, 0.2) is 0 Å². The van der Waals surface area contributed by atoms with Crippen molar-refractivity contribution in [2.45, 2.75) is 24.8 Å². The second kappa shape index (κ2) is 11.2. The number of hydrogen-bond donors (Lipinski definition) is 3. The molecule has 0 radical (unpaired) electrons. The van der Waals surface area contributed by atoms with Gasteiger partial charge in [-0.1, -0.05) is 0 Å². The Morgan fingerprint density at radius 3 is 2.62 bits per heavy atom. The molecule has 9 nitrogen and oxygen atoms in total. The zero-order valence-corrected chi connectivity index (χ0v) is 21.5. The van der Waals surface area contributed by atoms with Crippen molar-refractivity contribution < 1.29 is 43.6 Å². The molecular weight excluding hydrogens is 567 g/mol. The summed E-state index contributed by atoms with van der Waals surface area (Å²) in [6.45, 7) is 4.11. The van der Waals surface area contributed by atoms with E-state index in [1.807, 2.05) is 0 Å². The van der Waals surface area contributed by atoms with Crippen molar-refractivity contribution in [1.29, 1.82) is 0 Å². The third-order valence-electron chi connectivity index (χ3n) is 3.96. The molecule has 0 saturated heterocycles. The van der Waals surface area contributed by atoms with Gasteiger partial charge in [-0.25, -0.2) is 0 Å². The first-order chi connectivity index (χ1) is 15.3. The number of rotatable bonds is 11. The molecule has 0 fully saturated rings. The van der Waals surface area contributed by atoms with Crippen molar-refractivity contribution in [2.24, 2.45) is 0 Å². The van der Waals surface area contributed by atoms with Gasteiger partial charge in [-0.05, 0) is 0 Å². The first kappa shape index (κ1) is 24.6. The Hall–Kier alpha value is -2.00. The number of ether oxygens (including phenoxy) is 1. The van der Waals surface area contributed by atoms with Crippen LogP contribution in [-0.4, -0.2) is 43.6 Å². The van der Waals surface area contributed by atoms with Crippen molar-refractivity contribution in [2.75, 3.05) is 27.1 Å². The number of benzene rings is 2. The molecule has 0 spiro atoms. The van der Waals surface area contributed by atoms with Crippen LogP contribution in [-0.2, 0) is 19.6 Å². The molecule has 0 bridgehead atoms. The van der Waals surface area contributed by atoms with Gasteiger partial charge in [-0.15, -0.1) is 0 Å². The van der Waals surface area contributed by atoms with E-state index in [-0.39, 0.29) is 44.6 Å². The summed E-state index contributed by atoms with van der Waals surface area (Å²) in [6, 6.07) is 11.7. The number of carbonyl (C=O) groups is 1. The quantitative estimate of drug-likeness (QED) is 0.0714. The first-order valence-electron chi connectivity index (χ1n) is 9.58. The van der Waals surface area contributed by atoms with Crippen LogP contribution in [0.3, 0.4) is 0 Å². The molecule has 2 aromatic carbocycles. The number of thiazole rings is 1. The molecule has 32 heavy (non-hydrogen) atoms. The van der Waals surface area contributed by atoms with Gasteiger partial charge in [-0.2, -0.15) is 0 Å². The fraction of sp³-hybridized carbons (Fsp3) is 0.300. The third kappa shape index (κ3) is 7.00. The Balaban J connectivity index is 1.65. The number of aromatic nitrogens is 1. The van der Waals surface area contributed by atoms with Crippen LogP contribution in [0.25, 0.3) is 10.2 Å². The summed E-state index contributed by atoms with van der Waals surface area (Å²) in [7, 11) is -2.56. The minimum atomic E-state index is -3.99. The second-order valence-electron chi connectivity index (χ2n) is 6.91. The average molecular weight is 591 g/mol. The molecule has 0 atom stereocenters. The van der Waals surface area contributed by atoms with E-state index in [1.165, 1.54) is 36.6 Å². The van der Waals surface area contributed by atoms with Gasteiger partial charge < -0.3 is 4.74 Å². The van der Waals surface area contributed by atoms with Crippen molar-refractivity contribution in [3.05, 3.63) is 42.5 Å². The van der Waals surface area contributed by atoms with E-state index in [9.17, 15) is 13.2 Å². The number of alkyl halides is 1. The summed E-state index contributed by atoms with van der Waals surface area (Å²) < 4.78 is 40.4. The van der Waals surface area contributed by atoms with Crippen LogP contribution in [0.15, 0.2) is 47.4 Å². The van der Waals surface area contributed by atoms with Crippen molar-refractivity contribution in [3.8, 4) is 5.75 Å². The zero-order chi connectivity index (χ0) is 23.1. The van der Waals surface area contributed by atoms with Crippen LogP contribution in [0.5, 0.6) is 5.75 Å². The Morgan fingerprint density at radius 1 is 1.19 bits per heavy atom. The number of methoxy groups -OCH3 is 1. The van der Waals surface area contributed by atoms with Gasteiger partial charge in [0.05, 0.1) is 0 Å². The van der Waals surface area contributed by atoms with Gasteiger partial charge in [0, 0.05) is 7.11 Å². The number of anilines is 2. The normalized spacial score (nSPS) is 11.8. The molecule has 174 valence electrons. The van der Waals surface area contributed by atoms with Crippen LogP contribution in [0.2, 0.25) is 0 Å². The number of nitrogens with zero attached hydrogens (tertiary/aromatic N) is 1. The molecule has 3 aromatic rings. The van der Waals surface area contributed by atoms with E-state index in [1.54, 1.807) is 24.3 Å². The summed E-state index contributed by atoms with van der Waals surface area (Å²) in [5.41, 5.74) is 1.49. The SMILES string of the molecule is COCC(=O)Nc1nc2ccc(OS(=O)(=O)c3ccc(N[I-]CNC(C)C)cc3)cc2s1. The fourth-order valence-corrected chi connectivity index (χ4v) is 6.38. The summed E-state index contributed by atoms with van der Waals surface area (Å²) >= 11 is 0.947. The van der Waals surface area contributed by atoms with E-state index in [4.69, 9.17) is 8.92 Å². The number of carbonyl (C=O) groups excluding carboxylic acids is 1. The van der Waals surface area contributed by atoms with E-state index in [2.05, 4.69) is 33.0 Å². The van der Waals surface area contributed by atoms with Crippen LogP contribution >= 0.6 is 11.3 Å². The summed E-state index contributed by atoms with van der Waals surface area (Å²) in [5.74, 6) is -0.148. The van der Waals surface area contributed by atoms with Gasteiger partial charge in [0.25, 0.3) is 5.91 Å². The van der Waals surface area contributed by atoms with Crippen LogP contribution < -0.4 is 39.8 Å². The standard InChI is InChI=1S/C20H24IN4O5S2/c1-13(2)22-12-21-25-14-4-7-16(8-5-14)32(27,28)30-15-6-9-17-18(10-15)31-20(23-17)24-19(26)11-29-3/h4-10,13,22,25H,11-12H2,1-3H3,(H,23,24,26)/q-1. The zero-order valence-electron chi connectivity index (χ0n) is 17.7. The van der Waals surface area contributed by atoms with E-state index < -0.39 is 10.1 Å². The number of amides is 1. The summed E-state index contributed by atoms with van der Waals surface area (Å²) in [6.07, 6.45) is 0. The Morgan fingerprint density at radius 2 is 1.94 bits per heavy atom. The van der Waals surface area contributed by atoms with E-state index in [0.717, 1.165) is 10.2 Å². The second-order valence-corrected chi connectivity index (χ2v) is 11.6. The molecule has 0 aliphatic heterocycles. The molecule has 12 heteroatoms.